The zero-order chi connectivity index (χ0) is 17.8. The number of benzene rings is 1. The summed E-state index contributed by atoms with van der Waals surface area (Å²) in [5, 5.41) is 5.08. The Bertz CT molecular complexity index is 888. The molecule has 2 heterocycles. The standard InChI is InChI=1S/C20H21N3OS2/c24-18(23-15-9-5-2-6-10-15)12-25-19-16-11-17(14-7-3-1-4-8-14)26-20(16)22-13-21-19/h1,3-4,7-8,11,13,15H,2,5-6,9-10,12H2,(H,23,24). The van der Waals surface area contributed by atoms with E-state index in [9.17, 15) is 4.79 Å². The summed E-state index contributed by atoms with van der Waals surface area (Å²) in [4.78, 5) is 23.2. The van der Waals surface area contributed by atoms with Crippen LogP contribution in [0.1, 0.15) is 32.1 Å². The van der Waals surface area contributed by atoms with Gasteiger partial charge < -0.3 is 5.32 Å². The normalized spacial score (nSPS) is 15.2. The van der Waals surface area contributed by atoms with Crippen LogP contribution in [0.15, 0.2) is 47.8 Å². The maximum atomic E-state index is 12.3. The van der Waals surface area contributed by atoms with E-state index in [4.69, 9.17) is 0 Å². The third-order valence-corrected chi connectivity index (χ3v) is 6.76. The third kappa shape index (κ3) is 4.07. The van der Waals surface area contributed by atoms with Crippen LogP contribution in [-0.4, -0.2) is 27.7 Å². The number of nitrogens with one attached hydrogen (secondary N) is 1. The Labute approximate surface area is 161 Å². The van der Waals surface area contributed by atoms with Crippen molar-refractivity contribution in [3.8, 4) is 10.4 Å². The number of aromatic nitrogens is 2. The molecule has 1 aliphatic rings. The minimum absolute atomic E-state index is 0.104. The summed E-state index contributed by atoms with van der Waals surface area (Å²) < 4.78 is 0. The van der Waals surface area contributed by atoms with Crippen molar-refractivity contribution in [3.05, 3.63) is 42.7 Å². The first-order valence-corrected chi connectivity index (χ1v) is 10.8. The zero-order valence-electron chi connectivity index (χ0n) is 14.5. The molecule has 4 rings (SSSR count). The van der Waals surface area contributed by atoms with E-state index in [1.165, 1.54) is 41.5 Å². The fourth-order valence-electron chi connectivity index (χ4n) is 3.34. The molecule has 1 amide bonds. The molecule has 1 aliphatic carbocycles. The molecule has 6 heteroatoms. The fraction of sp³-hybridized carbons (Fsp3) is 0.350. The second-order valence-corrected chi connectivity index (χ2v) is 8.56. The Morgan fingerprint density at radius 3 is 2.77 bits per heavy atom. The average Bonchev–Trinajstić information content (AvgIpc) is 3.13. The van der Waals surface area contributed by atoms with Crippen LogP contribution in [0, 0.1) is 0 Å². The van der Waals surface area contributed by atoms with Gasteiger partial charge in [-0.05, 0) is 24.5 Å². The molecule has 2 aromatic heterocycles. The summed E-state index contributed by atoms with van der Waals surface area (Å²) in [5.74, 6) is 0.506. The van der Waals surface area contributed by atoms with Gasteiger partial charge in [-0.25, -0.2) is 9.97 Å². The number of carbonyl (C=O) groups excluding carboxylic acids is 1. The predicted molar refractivity (Wildman–Crippen MR) is 109 cm³/mol. The van der Waals surface area contributed by atoms with Gasteiger partial charge in [0.2, 0.25) is 5.91 Å². The van der Waals surface area contributed by atoms with Gasteiger partial charge in [0.05, 0.1) is 5.75 Å². The van der Waals surface area contributed by atoms with Gasteiger partial charge in [0.15, 0.2) is 0 Å². The van der Waals surface area contributed by atoms with Crippen molar-refractivity contribution < 1.29 is 4.79 Å². The molecule has 4 nitrogen and oxygen atoms in total. The average molecular weight is 384 g/mol. The van der Waals surface area contributed by atoms with Crippen molar-refractivity contribution in [2.24, 2.45) is 0 Å². The lowest BCUT2D eigenvalue weighted by atomic mass is 9.95. The molecule has 0 unspecified atom stereocenters. The lowest BCUT2D eigenvalue weighted by Gasteiger charge is -2.22. The first kappa shape index (κ1) is 17.5. The molecule has 1 N–H and O–H groups in total. The van der Waals surface area contributed by atoms with E-state index in [0.717, 1.165) is 28.1 Å². The van der Waals surface area contributed by atoms with Gasteiger partial charge in [-0.1, -0.05) is 61.4 Å². The fourth-order valence-corrected chi connectivity index (χ4v) is 5.20. The van der Waals surface area contributed by atoms with Crippen molar-refractivity contribution in [1.82, 2.24) is 15.3 Å². The first-order chi connectivity index (χ1) is 12.8. The highest BCUT2D eigenvalue weighted by molar-refractivity contribution is 8.00. The molecule has 1 saturated carbocycles. The van der Waals surface area contributed by atoms with Crippen molar-refractivity contribution in [1.29, 1.82) is 0 Å². The lowest BCUT2D eigenvalue weighted by molar-refractivity contribution is -0.119. The number of fused-ring (bicyclic) bond motifs is 1. The van der Waals surface area contributed by atoms with Gasteiger partial charge in [0, 0.05) is 16.3 Å². The van der Waals surface area contributed by atoms with E-state index in [0.29, 0.717) is 11.8 Å². The smallest absolute Gasteiger partial charge is 0.230 e. The predicted octanol–water partition coefficient (Wildman–Crippen LogP) is 4.90. The van der Waals surface area contributed by atoms with E-state index in [2.05, 4.69) is 33.5 Å². The molecule has 1 fully saturated rings. The van der Waals surface area contributed by atoms with Crippen molar-refractivity contribution in [3.63, 3.8) is 0 Å². The SMILES string of the molecule is O=C(CSc1ncnc2sc(-c3ccccc3)cc12)NC1CCCCC1. The Hall–Kier alpha value is -1.92. The largest absolute Gasteiger partial charge is 0.353 e. The topological polar surface area (TPSA) is 54.9 Å². The summed E-state index contributed by atoms with van der Waals surface area (Å²) in [7, 11) is 0. The summed E-state index contributed by atoms with van der Waals surface area (Å²) in [6.45, 7) is 0. The van der Waals surface area contributed by atoms with E-state index in [-0.39, 0.29) is 5.91 Å². The van der Waals surface area contributed by atoms with Crippen LogP contribution < -0.4 is 5.32 Å². The van der Waals surface area contributed by atoms with Crippen LogP contribution >= 0.6 is 23.1 Å². The third-order valence-electron chi connectivity index (χ3n) is 4.66. The van der Waals surface area contributed by atoms with Crippen LogP contribution in [0.2, 0.25) is 0 Å². The quantitative estimate of drug-likeness (QED) is 0.503. The van der Waals surface area contributed by atoms with Crippen molar-refractivity contribution >= 4 is 39.2 Å². The Morgan fingerprint density at radius 1 is 1.15 bits per heavy atom. The minimum Gasteiger partial charge on any atom is -0.353 e. The maximum Gasteiger partial charge on any atom is 0.230 e. The van der Waals surface area contributed by atoms with Gasteiger partial charge in [-0.3, -0.25) is 4.79 Å². The van der Waals surface area contributed by atoms with Crippen LogP contribution in [-0.2, 0) is 4.79 Å². The number of nitrogens with zero attached hydrogens (tertiary/aromatic N) is 2. The van der Waals surface area contributed by atoms with Crippen LogP contribution in [0.5, 0.6) is 0 Å². The highest BCUT2D eigenvalue weighted by atomic mass is 32.2. The molecule has 1 aromatic carbocycles. The zero-order valence-corrected chi connectivity index (χ0v) is 16.1. The molecule has 3 aromatic rings. The Kier molecular flexibility index (Phi) is 5.51. The monoisotopic (exact) mass is 383 g/mol. The maximum absolute atomic E-state index is 12.3. The van der Waals surface area contributed by atoms with Crippen molar-refractivity contribution in [2.45, 2.75) is 43.2 Å². The molecule has 26 heavy (non-hydrogen) atoms. The molecule has 0 atom stereocenters. The molecular weight excluding hydrogens is 362 g/mol. The summed E-state index contributed by atoms with van der Waals surface area (Å²) in [5.41, 5.74) is 1.18. The van der Waals surface area contributed by atoms with Crippen LogP contribution in [0.25, 0.3) is 20.7 Å². The molecular formula is C20H21N3OS2. The molecule has 0 saturated heterocycles. The number of hydrogen-bond donors (Lipinski definition) is 1. The number of thiophene rings is 1. The lowest BCUT2D eigenvalue weighted by Crippen LogP contribution is -2.37. The molecule has 134 valence electrons. The Morgan fingerprint density at radius 2 is 1.96 bits per heavy atom. The van der Waals surface area contributed by atoms with Gasteiger partial charge in [0.25, 0.3) is 0 Å². The minimum atomic E-state index is 0.104. The number of rotatable bonds is 5. The summed E-state index contributed by atoms with van der Waals surface area (Å²) in [6.07, 6.45) is 7.55. The number of amides is 1. The van der Waals surface area contributed by atoms with Crippen molar-refractivity contribution in [2.75, 3.05) is 5.75 Å². The Balaban J connectivity index is 1.46. The number of thioether (sulfide) groups is 1. The number of hydrogen-bond acceptors (Lipinski definition) is 5. The number of carbonyl (C=O) groups is 1. The van der Waals surface area contributed by atoms with Gasteiger partial charge >= 0.3 is 0 Å². The van der Waals surface area contributed by atoms with E-state index in [1.807, 2.05) is 18.2 Å². The van der Waals surface area contributed by atoms with E-state index in [1.54, 1.807) is 17.7 Å². The van der Waals surface area contributed by atoms with E-state index < -0.39 is 0 Å². The summed E-state index contributed by atoms with van der Waals surface area (Å²) >= 11 is 3.16. The van der Waals surface area contributed by atoms with Gasteiger partial charge in [-0.15, -0.1) is 11.3 Å². The molecule has 0 radical (unpaired) electrons. The van der Waals surface area contributed by atoms with E-state index >= 15 is 0 Å². The first-order valence-electron chi connectivity index (χ1n) is 9.02. The highest BCUT2D eigenvalue weighted by Crippen LogP contribution is 2.36. The summed E-state index contributed by atoms with van der Waals surface area (Å²) in [6, 6.07) is 12.8. The second-order valence-electron chi connectivity index (χ2n) is 6.57. The van der Waals surface area contributed by atoms with Gasteiger partial charge in [0.1, 0.15) is 16.2 Å². The molecule has 0 spiro atoms. The second kappa shape index (κ2) is 8.18. The van der Waals surface area contributed by atoms with Gasteiger partial charge in [-0.2, -0.15) is 0 Å². The van der Waals surface area contributed by atoms with Crippen LogP contribution in [0.3, 0.4) is 0 Å². The molecule has 0 aliphatic heterocycles. The van der Waals surface area contributed by atoms with Crippen LogP contribution in [0.4, 0.5) is 0 Å². The molecule has 0 bridgehead atoms. The highest BCUT2D eigenvalue weighted by Gasteiger charge is 2.17.